The summed E-state index contributed by atoms with van der Waals surface area (Å²) in [7, 11) is 0. The number of hydrogen-bond acceptors (Lipinski definition) is 6. The lowest BCUT2D eigenvalue weighted by Crippen LogP contribution is -2.30. The molecule has 0 amide bonds. The Bertz CT molecular complexity index is 1520. The SMILES string of the molecule is CCCCC/C=C\C/C=C\C/C=C\CCCCCCCCC(=O)OC(COC(=O)CCCCCCCCCCCCCCC)COC(=O)CCCCCCCCCCCCCCCCCCCC/C=C\C/C=C\C/C=C\CCCCCCC. The maximum absolute atomic E-state index is 12.9. The summed E-state index contributed by atoms with van der Waals surface area (Å²) < 4.78 is 17.0. The quantitative estimate of drug-likeness (QED) is 0.0261. The van der Waals surface area contributed by atoms with Gasteiger partial charge in [0.2, 0.25) is 0 Å². The van der Waals surface area contributed by atoms with E-state index in [0.717, 1.165) is 89.9 Å². The van der Waals surface area contributed by atoms with Crippen molar-refractivity contribution in [3.05, 3.63) is 72.9 Å². The Balaban J connectivity index is 4.18. The molecule has 1 unspecified atom stereocenters. The minimum absolute atomic E-state index is 0.0757. The number of esters is 3. The van der Waals surface area contributed by atoms with Crippen LogP contribution in [0.5, 0.6) is 0 Å². The molecule has 83 heavy (non-hydrogen) atoms. The molecule has 0 heterocycles. The molecule has 0 saturated heterocycles. The van der Waals surface area contributed by atoms with Crippen LogP contribution in [-0.2, 0) is 28.6 Å². The Morgan fingerprint density at radius 1 is 0.241 bits per heavy atom. The van der Waals surface area contributed by atoms with E-state index in [4.69, 9.17) is 14.2 Å². The van der Waals surface area contributed by atoms with Crippen LogP contribution < -0.4 is 0 Å². The third-order valence-electron chi connectivity index (χ3n) is 16.2. The molecule has 0 aliphatic heterocycles. The highest BCUT2D eigenvalue weighted by Gasteiger charge is 2.19. The van der Waals surface area contributed by atoms with Gasteiger partial charge < -0.3 is 14.2 Å². The Kier molecular flexibility index (Phi) is 68.6. The van der Waals surface area contributed by atoms with Gasteiger partial charge in [0, 0.05) is 19.3 Å². The van der Waals surface area contributed by atoms with Crippen molar-refractivity contribution >= 4 is 17.9 Å². The minimum atomic E-state index is -0.781. The first kappa shape index (κ1) is 79.8. The molecule has 482 valence electrons. The zero-order valence-electron chi connectivity index (χ0n) is 55.5. The molecule has 6 heteroatoms. The average Bonchev–Trinajstić information content (AvgIpc) is 3.49. The smallest absolute Gasteiger partial charge is 0.306 e. The van der Waals surface area contributed by atoms with Gasteiger partial charge in [-0.3, -0.25) is 14.4 Å². The van der Waals surface area contributed by atoms with E-state index in [2.05, 4.69) is 93.7 Å². The van der Waals surface area contributed by atoms with E-state index < -0.39 is 6.10 Å². The second-order valence-corrected chi connectivity index (χ2v) is 24.5. The fourth-order valence-corrected chi connectivity index (χ4v) is 10.7. The van der Waals surface area contributed by atoms with E-state index in [9.17, 15) is 14.4 Å². The maximum atomic E-state index is 12.9. The molecule has 0 aromatic heterocycles. The first-order valence-corrected chi connectivity index (χ1v) is 36.4. The molecule has 0 rings (SSSR count). The van der Waals surface area contributed by atoms with Crippen LogP contribution in [0, 0.1) is 0 Å². The summed E-state index contributed by atoms with van der Waals surface area (Å²) in [4.78, 5) is 38.4. The van der Waals surface area contributed by atoms with Gasteiger partial charge in [-0.15, -0.1) is 0 Å². The minimum Gasteiger partial charge on any atom is -0.462 e. The first-order chi connectivity index (χ1) is 41.0. The zero-order valence-corrected chi connectivity index (χ0v) is 55.5. The number of hydrogen-bond donors (Lipinski definition) is 0. The lowest BCUT2D eigenvalue weighted by atomic mass is 10.0. The first-order valence-electron chi connectivity index (χ1n) is 36.4. The molecule has 0 fully saturated rings. The van der Waals surface area contributed by atoms with Crippen LogP contribution in [0.25, 0.3) is 0 Å². The number of unbranched alkanes of at least 4 members (excludes halogenated alkanes) is 44. The second-order valence-electron chi connectivity index (χ2n) is 24.5. The van der Waals surface area contributed by atoms with E-state index in [1.165, 1.54) is 250 Å². The van der Waals surface area contributed by atoms with Crippen LogP contribution in [0.15, 0.2) is 72.9 Å². The summed E-state index contributed by atoms with van der Waals surface area (Å²) in [5.74, 6) is -0.866. The van der Waals surface area contributed by atoms with Crippen LogP contribution in [0.3, 0.4) is 0 Å². The van der Waals surface area contributed by atoms with Crippen LogP contribution in [0.2, 0.25) is 0 Å². The van der Waals surface area contributed by atoms with Crippen LogP contribution in [-0.4, -0.2) is 37.2 Å². The number of allylic oxidation sites excluding steroid dienone is 12. The standard InChI is InChI=1S/C77H138O6/c1-4-7-10-13-16-19-22-25-27-29-31-32-33-34-35-36-37-38-39-40-41-42-43-44-46-47-49-52-55-58-61-64-67-70-76(79)82-73-74(72-81-75(78)69-66-63-60-57-54-51-24-21-18-15-12-9-6-3)83-77(80)71-68-65-62-59-56-53-50-48-45-30-28-26-23-20-17-14-11-8-5-2/h17,20,22,25-26,28-29,31,33-34,45,48,74H,4-16,18-19,21,23-24,27,30,32,35-44,46-47,49-73H2,1-3H3/b20-17-,25-22-,28-26-,31-29-,34-33-,48-45-. The summed E-state index contributed by atoms with van der Waals surface area (Å²) in [6.45, 7) is 6.64. The van der Waals surface area contributed by atoms with Gasteiger partial charge in [-0.1, -0.05) is 338 Å². The van der Waals surface area contributed by atoms with Gasteiger partial charge in [-0.2, -0.15) is 0 Å². The van der Waals surface area contributed by atoms with E-state index in [1.54, 1.807) is 0 Å². The van der Waals surface area contributed by atoms with E-state index in [0.29, 0.717) is 19.3 Å². The Morgan fingerprint density at radius 3 is 0.699 bits per heavy atom. The molecule has 0 saturated carbocycles. The summed E-state index contributed by atoms with van der Waals surface area (Å²) in [6, 6.07) is 0. The summed E-state index contributed by atoms with van der Waals surface area (Å²) >= 11 is 0. The highest BCUT2D eigenvalue weighted by atomic mass is 16.6. The summed E-state index contributed by atoms with van der Waals surface area (Å²) in [6.07, 6.45) is 93.7. The fourth-order valence-electron chi connectivity index (χ4n) is 10.7. The highest BCUT2D eigenvalue weighted by Crippen LogP contribution is 2.18. The Hall–Kier alpha value is -3.15. The monoisotopic (exact) mass is 1160 g/mol. The number of rotatable bonds is 67. The topological polar surface area (TPSA) is 78.9 Å². The predicted octanol–water partition coefficient (Wildman–Crippen LogP) is 25.2. The second kappa shape index (κ2) is 71.3. The molecule has 0 bridgehead atoms. The van der Waals surface area contributed by atoms with Crippen molar-refractivity contribution in [3.8, 4) is 0 Å². The normalized spacial score (nSPS) is 12.5. The zero-order chi connectivity index (χ0) is 59.9. The van der Waals surface area contributed by atoms with Crippen molar-refractivity contribution in [1.29, 1.82) is 0 Å². The summed E-state index contributed by atoms with van der Waals surface area (Å²) in [5.41, 5.74) is 0. The molecule has 0 aliphatic rings. The molecule has 0 aromatic rings. The molecule has 0 N–H and O–H groups in total. The highest BCUT2D eigenvalue weighted by molar-refractivity contribution is 5.71. The van der Waals surface area contributed by atoms with Crippen LogP contribution in [0.1, 0.15) is 380 Å². The number of carbonyl (C=O) groups excluding carboxylic acids is 3. The third kappa shape index (κ3) is 69.5. The lowest BCUT2D eigenvalue weighted by Gasteiger charge is -2.18. The third-order valence-corrected chi connectivity index (χ3v) is 16.2. The summed E-state index contributed by atoms with van der Waals surface area (Å²) in [5, 5.41) is 0. The van der Waals surface area contributed by atoms with Gasteiger partial charge in [0.25, 0.3) is 0 Å². The lowest BCUT2D eigenvalue weighted by molar-refractivity contribution is -0.167. The van der Waals surface area contributed by atoms with Gasteiger partial charge in [0.15, 0.2) is 6.10 Å². The van der Waals surface area contributed by atoms with Crippen LogP contribution >= 0.6 is 0 Å². The average molecular weight is 1160 g/mol. The van der Waals surface area contributed by atoms with Crippen molar-refractivity contribution in [2.24, 2.45) is 0 Å². The largest absolute Gasteiger partial charge is 0.462 e. The van der Waals surface area contributed by atoms with Crippen molar-refractivity contribution in [3.63, 3.8) is 0 Å². The molecular weight excluding hydrogens is 1020 g/mol. The fraction of sp³-hybridized carbons (Fsp3) is 0.805. The number of ether oxygens (including phenoxy) is 3. The molecule has 0 radical (unpaired) electrons. The predicted molar refractivity (Wildman–Crippen MR) is 362 cm³/mol. The van der Waals surface area contributed by atoms with Crippen molar-refractivity contribution < 1.29 is 28.6 Å². The van der Waals surface area contributed by atoms with Gasteiger partial charge in [0.1, 0.15) is 13.2 Å². The van der Waals surface area contributed by atoms with Crippen LogP contribution in [0.4, 0.5) is 0 Å². The van der Waals surface area contributed by atoms with Gasteiger partial charge in [-0.05, 0) is 96.3 Å². The molecular formula is C77H138O6. The van der Waals surface area contributed by atoms with Gasteiger partial charge in [-0.25, -0.2) is 0 Å². The van der Waals surface area contributed by atoms with Gasteiger partial charge >= 0.3 is 17.9 Å². The molecule has 0 spiro atoms. The van der Waals surface area contributed by atoms with Crippen molar-refractivity contribution in [1.82, 2.24) is 0 Å². The molecule has 0 aliphatic carbocycles. The Morgan fingerprint density at radius 2 is 0.434 bits per heavy atom. The molecule has 6 nitrogen and oxygen atoms in total. The number of carbonyl (C=O) groups is 3. The molecule has 1 atom stereocenters. The van der Waals surface area contributed by atoms with Gasteiger partial charge in [0.05, 0.1) is 0 Å². The van der Waals surface area contributed by atoms with E-state index >= 15 is 0 Å². The Labute approximate surface area is 516 Å². The molecule has 0 aromatic carbocycles. The van der Waals surface area contributed by atoms with Crippen molar-refractivity contribution in [2.75, 3.05) is 13.2 Å². The van der Waals surface area contributed by atoms with E-state index in [1.807, 2.05) is 0 Å². The van der Waals surface area contributed by atoms with Crippen molar-refractivity contribution in [2.45, 2.75) is 386 Å². The maximum Gasteiger partial charge on any atom is 0.306 e. The van der Waals surface area contributed by atoms with E-state index in [-0.39, 0.29) is 31.1 Å².